The number of benzene rings is 1. The molecule has 0 saturated carbocycles. The van der Waals surface area contributed by atoms with Crippen molar-refractivity contribution < 1.29 is 27.8 Å². The van der Waals surface area contributed by atoms with Crippen molar-refractivity contribution in [3.05, 3.63) is 24.3 Å². The van der Waals surface area contributed by atoms with Gasteiger partial charge in [0.2, 0.25) is 5.91 Å². The molecule has 2 rings (SSSR count). The van der Waals surface area contributed by atoms with Crippen LogP contribution in [0.1, 0.15) is 6.42 Å². The molecular formula is C12H12F3NO3. The summed E-state index contributed by atoms with van der Waals surface area (Å²) in [6.45, 7) is 0.172. The Labute approximate surface area is 107 Å². The molecule has 0 bridgehead atoms. The van der Waals surface area contributed by atoms with Gasteiger partial charge in [-0.3, -0.25) is 4.79 Å². The Hall–Kier alpha value is -1.76. The summed E-state index contributed by atoms with van der Waals surface area (Å²) in [7, 11) is 0. The van der Waals surface area contributed by atoms with Crippen LogP contribution in [0, 0.1) is 5.92 Å². The second kappa shape index (κ2) is 5.08. The maximum absolute atomic E-state index is 12.1. The second-order valence-electron chi connectivity index (χ2n) is 4.30. The first-order valence-electron chi connectivity index (χ1n) is 5.66. The van der Waals surface area contributed by atoms with Gasteiger partial charge < -0.3 is 14.7 Å². The molecule has 1 unspecified atom stereocenters. The number of anilines is 1. The molecule has 1 N–H and O–H groups in total. The molecule has 0 aliphatic carbocycles. The highest BCUT2D eigenvalue weighted by atomic mass is 19.4. The number of aliphatic hydroxyl groups excluding tert-OH is 1. The Morgan fingerprint density at radius 1 is 1.42 bits per heavy atom. The molecule has 1 aromatic carbocycles. The molecule has 1 amide bonds. The van der Waals surface area contributed by atoms with Crippen molar-refractivity contribution in [1.29, 1.82) is 0 Å². The van der Waals surface area contributed by atoms with Gasteiger partial charge in [0.1, 0.15) is 5.75 Å². The third-order valence-corrected chi connectivity index (χ3v) is 2.83. The number of nitrogens with zero attached hydrogens (tertiary/aromatic N) is 1. The fraction of sp³-hybridized carbons (Fsp3) is 0.417. The predicted octanol–water partition coefficient (Wildman–Crippen LogP) is 1.93. The van der Waals surface area contributed by atoms with Gasteiger partial charge in [-0.15, -0.1) is 13.2 Å². The number of halogens is 3. The van der Waals surface area contributed by atoms with Crippen LogP contribution < -0.4 is 9.64 Å². The lowest BCUT2D eigenvalue weighted by Crippen LogP contribution is -2.25. The summed E-state index contributed by atoms with van der Waals surface area (Å²) in [5.41, 5.74) is 0.336. The summed E-state index contributed by atoms with van der Waals surface area (Å²) >= 11 is 0. The van der Waals surface area contributed by atoms with E-state index in [4.69, 9.17) is 5.11 Å². The maximum atomic E-state index is 12.1. The zero-order valence-corrected chi connectivity index (χ0v) is 9.85. The fourth-order valence-electron chi connectivity index (χ4n) is 2.00. The molecule has 19 heavy (non-hydrogen) atoms. The SMILES string of the molecule is O=C1CC(CO)CN1c1cccc(OC(F)(F)F)c1. The van der Waals surface area contributed by atoms with E-state index in [1.165, 1.54) is 23.1 Å². The Bertz CT molecular complexity index is 476. The summed E-state index contributed by atoms with van der Waals surface area (Å²) in [4.78, 5) is 13.0. The number of carbonyl (C=O) groups is 1. The molecule has 1 fully saturated rings. The van der Waals surface area contributed by atoms with Gasteiger partial charge in [-0.2, -0.15) is 0 Å². The molecule has 1 aromatic rings. The minimum Gasteiger partial charge on any atom is -0.406 e. The van der Waals surface area contributed by atoms with Gasteiger partial charge in [-0.25, -0.2) is 0 Å². The third-order valence-electron chi connectivity index (χ3n) is 2.83. The molecule has 1 aliphatic rings. The van der Waals surface area contributed by atoms with Crippen molar-refractivity contribution in [2.45, 2.75) is 12.8 Å². The number of hydrogen-bond donors (Lipinski definition) is 1. The molecular weight excluding hydrogens is 263 g/mol. The van der Waals surface area contributed by atoms with Crippen LogP contribution in [0.15, 0.2) is 24.3 Å². The van der Waals surface area contributed by atoms with Gasteiger partial charge in [-0.05, 0) is 12.1 Å². The van der Waals surface area contributed by atoms with Crippen LogP contribution in [-0.4, -0.2) is 30.5 Å². The quantitative estimate of drug-likeness (QED) is 0.917. The summed E-state index contributed by atoms with van der Waals surface area (Å²) in [6.07, 6.45) is -4.57. The van der Waals surface area contributed by atoms with Crippen LogP contribution in [-0.2, 0) is 4.79 Å². The number of ether oxygens (including phenoxy) is 1. The lowest BCUT2D eigenvalue weighted by molar-refractivity contribution is -0.274. The van der Waals surface area contributed by atoms with E-state index in [0.29, 0.717) is 12.2 Å². The van der Waals surface area contributed by atoms with E-state index in [2.05, 4.69) is 4.74 Å². The van der Waals surface area contributed by atoms with Gasteiger partial charge in [0.25, 0.3) is 0 Å². The summed E-state index contributed by atoms with van der Waals surface area (Å²) in [5, 5.41) is 9.00. The van der Waals surface area contributed by atoms with E-state index in [9.17, 15) is 18.0 Å². The van der Waals surface area contributed by atoms with Gasteiger partial charge >= 0.3 is 6.36 Å². The molecule has 1 saturated heterocycles. The van der Waals surface area contributed by atoms with Gasteiger partial charge in [-0.1, -0.05) is 6.07 Å². The van der Waals surface area contributed by atoms with E-state index in [1.54, 1.807) is 0 Å². The van der Waals surface area contributed by atoms with Crippen LogP contribution in [0.5, 0.6) is 5.75 Å². The van der Waals surface area contributed by atoms with E-state index < -0.39 is 6.36 Å². The first kappa shape index (κ1) is 13.7. The molecule has 0 radical (unpaired) electrons. The molecule has 1 heterocycles. The Morgan fingerprint density at radius 2 is 2.16 bits per heavy atom. The van der Waals surface area contributed by atoms with Crippen LogP contribution in [0.4, 0.5) is 18.9 Å². The van der Waals surface area contributed by atoms with E-state index in [0.717, 1.165) is 6.07 Å². The lowest BCUT2D eigenvalue weighted by atomic mass is 10.1. The average Bonchev–Trinajstić information content (AvgIpc) is 2.69. The van der Waals surface area contributed by atoms with Crippen molar-refractivity contribution >= 4 is 11.6 Å². The fourth-order valence-corrected chi connectivity index (χ4v) is 2.00. The normalized spacial score (nSPS) is 19.9. The molecule has 104 valence electrons. The monoisotopic (exact) mass is 275 g/mol. The van der Waals surface area contributed by atoms with Gasteiger partial charge in [0.15, 0.2) is 0 Å². The number of aliphatic hydroxyl groups is 1. The predicted molar refractivity (Wildman–Crippen MR) is 60.7 cm³/mol. The molecule has 4 nitrogen and oxygen atoms in total. The van der Waals surface area contributed by atoms with Crippen molar-refractivity contribution in [1.82, 2.24) is 0 Å². The maximum Gasteiger partial charge on any atom is 0.573 e. The van der Waals surface area contributed by atoms with E-state index in [-0.39, 0.29) is 30.6 Å². The van der Waals surface area contributed by atoms with Crippen LogP contribution >= 0.6 is 0 Å². The number of carbonyl (C=O) groups excluding carboxylic acids is 1. The Kier molecular flexibility index (Phi) is 3.66. The van der Waals surface area contributed by atoms with Crippen LogP contribution in [0.3, 0.4) is 0 Å². The Balaban J connectivity index is 2.17. The summed E-state index contributed by atoms with van der Waals surface area (Å²) < 4.78 is 40.1. The smallest absolute Gasteiger partial charge is 0.406 e. The van der Waals surface area contributed by atoms with Crippen molar-refractivity contribution in [2.75, 3.05) is 18.1 Å². The van der Waals surface area contributed by atoms with Crippen molar-refractivity contribution in [2.24, 2.45) is 5.92 Å². The number of alkyl halides is 3. The average molecular weight is 275 g/mol. The van der Waals surface area contributed by atoms with Gasteiger partial charge in [0, 0.05) is 37.2 Å². The lowest BCUT2D eigenvalue weighted by Gasteiger charge is -2.17. The standard InChI is InChI=1S/C12H12F3NO3/c13-12(14,15)19-10-3-1-2-9(5-10)16-6-8(7-17)4-11(16)18/h1-3,5,8,17H,4,6-7H2. The van der Waals surface area contributed by atoms with E-state index >= 15 is 0 Å². The van der Waals surface area contributed by atoms with Crippen molar-refractivity contribution in [3.63, 3.8) is 0 Å². The first-order chi connectivity index (χ1) is 8.89. The summed E-state index contributed by atoms with van der Waals surface area (Å²) in [5.74, 6) is -0.770. The molecule has 1 aliphatic heterocycles. The highest BCUT2D eigenvalue weighted by Gasteiger charge is 2.33. The minimum atomic E-state index is -4.76. The van der Waals surface area contributed by atoms with Crippen LogP contribution in [0.25, 0.3) is 0 Å². The van der Waals surface area contributed by atoms with E-state index in [1.807, 2.05) is 0 Å². The topological polar surface area (TPSA) is 49.8 Å². The van der Waals surface area contributed by atoms with Gasteiger partial charge in [0.05, 0.1) is 0 Å². The number of amides is 1. The highest BCUT2D eigenvalue weighted by molar-refractivity contribution is 5.95. The molecule has 0 spiro atoms. The van der Waals surface area contributed by atoms with Crippen molar-refractivity contribution in [3.8, 4) is 5.75 Å². The molecule has 1 atom stereocenters. The third kappa shape index (κ3) is 3.37. The largest absolute Gasteiger partial charge is 0.573 e. The van der Waals surface area contributed by atoms with Crippen LogP contribution in [0.2, 0.25) is 0 Å². The number of rotatable bonds is 3. The second-order valence-corrected chi connectivity index (χ2v) is 4.30. The Morgan fingerprint density at radius 3 is 2.74 bits per heavy atom. The highest BCUT2D eigenvalue weighted by Crippen LogP contribution is 2.30. The zero-order valence-electron chi connectivity index (χ0n) is 9.85. The first-order valence-corrected chi connectivity index (χ1v) is 5.66. The minimum absolute atomic E-state index is 0.124. The number of hydrogen-bond acceptors (Lipinski definition) is 3. The molecule has 0 aromatic heterocycles. The molecule has 7 heteroatoms. The summed E-state index contributed by atoms with van der Waals surface area (Å²) in [6, 6.07) is 5.24. The zero-order chi connectivity index (χ0) is 14.0.